The van der Waals surface area contributed by atoms with Gasteiger partial charge in [0.05, 0.1) is 9.90 Å². The molecule has 0 fully saturated rings. The molecule has 1 heterocycles. The molecule has 0 aliphatic rings. The minimum Gasteiger partial charge on any atom is -0.398 e. The highest BCUT2D eigenvalue weighted by Gasteiger charge is 2.09. The topological polar surface area (TPSA) is 81.1 Å². The molecule has 0 radical (unpaired) electrons. The van der Waals surface area contributed by atoms with Gasteiger partial charge in [-0.3, -0.25) is 4.79 Å². The molecule has 0 saturated carbocycles. The lowest BCUT2D eigenvalue weighted by Crippen LogP contribution is -2.23. The smallest absolute Gasteiger partial charge is 0.252 e. The van der Waals surface area contributed by atoms with E-state index in [2.05, 4.69) is 5.32 Å². The minimum absolute atomic E-state index is 0.159. The largest absolute Gasteiger partial charge is 0.398 e. The summed E-state index contributed by atoms with van der Waals surface area (Å²) in [5.41, 5.74) is 14.5. The second kappa shape index (κ2) is 6.06. The highest BCUT2D eigenvalue weighted by atomic mass is 35.5. The molecule has 0 unspecified atom stereocenters. The van der Waals surface area contributed by atoms with Crippen molar-refractivity contribution in [2.45, 2.75) is 13.1 Å². The number of carbonyl (C=O) groups is 1. The monoisotopic (exact) mass is 295 g/mol. The first kappa shape index (κ1) is 13.9. The third-order valence-corrected chi connectivity index (χ3v) is 3.87. The van der Waals surface area contributed by atoms with Gasteiger partial charge in [0.25, 0.3) is 5.91 Å². The maximum atomic E-state index is 11.9. The summed E-state index contributed by atoms with van der Waals surface area (Å²) in [7, 11) is 0. The summed E-state index contributed by atoms with van der Waals surface area (Å²) in [5, 5.41) is 4.55. The Bertz CT molecular complexity index is 597. The lowest BCUT2D eigenvalue weighted by molar-refractivity contribution is 0.0951. The number of carbonyl (C=O) groups excluding carboxylic acids is 1. The van der Waals surface area contributed by atoms with Crippen LogP contribution in [-0.4, -0.2) is 5.91 Å². The van der Waals surface area contributed by atoms with Crippen LogP contribution in [0.3, 0.4) is 0 Å². The summed E-state index contributed by atoms with van der Waals surface area (Å²) in [6.45, 7) is 0.742. The number of thiophene rings is 1. The number of anilines is 1. The average molecular weight is 296 g/mol. The van der Waals surface area contributed by atoms with E-state index in [4.69, 9.17) is 23.1 Å². The van der Waals surface area contributed by atoms with Crippen molar-refractivity contribution in [2.75, 3.05) is 5.73 Å². The zero-order valence-electron chi connectivity index (χ0n) is 10.2. The van der Waals surface area contributed by atoms with Gasteiger partial charge in [-0.05, 0) is 23.3 Å². The molecule has 1 amide bonds. The van der Waals surface area contributed by atoms with Crippen molar-refractivity contribution in [1.82, 2.24) is 5.32 Å². The summed E-state index contributed by atoms with van der Waals surface area (Å²) in [6, 6.07) is 7.19. The van der Waals surface area contributed by atoms with Crippen molar-refractivity contribution in [1.29, 1.82) is 0 Å². The second-order valence-corrected chi connectivity index (χ2v) is 5.55. The number of hydrogen-bond donors (Lipinski definition) is 3. The molecule has 0 aliphatic heterocycles. The van der Waals surface area contributed by atoms with Gasteiger partial charge in [-0.15, -0.1) is 11.3 Å². The Morgan fingerprint density at radius 3 is 2.84 bits per heavy atom. The van der Waals surface area contributed by atoms with Gasteiger partial charge in [-0.25, -0.2) is 0 Å². The van der Waals surface area contributed by atoms with Crippen LogP contribution in [0.4, 0.5) is 5.69 Å². The van der Waals surface area contributed by atoms with Crippen LogP contribution in [0.2, 0.25) is 4.34 Å². The molecule has 1 aromatic carbocycles. The average Bonchev–Trinajstić information content (AvgIpc) is 2.83. The van der Waals surface area contributed by atoms with Crippen LogP contribution in [0.15, 0.2) is 29.6 Å². The molecule has 100 valence electrons. The highest BCUT2D eigenvalue weighted by Crippen LogP contribution is 2.20. The molecule has 0 bridgehead atoms. The number of amides is 1. The number of rotatable bonds is 4. The maximum absolute atomic E-state index is 11.9. The standard InChI is InChI=1S/C13H14ClN3OS/c14-12-4-9(7-19-12)13(18)17-6-8-2-1-3-11(16)10(8)5-15/h1-4,7H,5-6,15-16H2,(H,17,18). The zero-order chi connectivity index (χ0) is 13.8. The van der Waals surface area contributed by atoms with E-state index in [1.54, 1.807) is 17.5 Å². The molecule has 1 aromatic heterocycles. The van der Waals surface area contributed by atoms with Gasteiger partial charge in [0.2, 0.25) is 0 Å². The van der Waals surface area contributed by atoms with Crippen LogP contribution < -0.4 is 16.8 Å². The third kappa shape index (κ3) is 3.26. The molecule has 0 atom stereocenters. The first-order valence-electron chi connectivity index (χ1n) is 5.70. The van der Waals surface area contributed by atoms with E-state index < -0.39 is 0 Å². The Morgan fingerprint density at radius 2 is 2.21 bits per heavy atom. The predicted molar refractivity (Wildman–Crippen MR) is 79.2 cm³/mol. The SMILES string of the molecule is NCc1c(N)cccc1CNC(=O)c1csc(Cl)c1. The van der Waals surface area contributed by atoms with Gasteiger partial charge >= 0.3 is 0 Å². The van der Waals surface area contributed by atoms with Gasteiger partial charge in [0, 0.05) is 24.2 Å². The summed E-state index contributed by atoms with van der Waals surface area (Å²) in [5.74, 6) is -0.159. The zero-order valence-corrected chi connectivity index (χ0v) is 11.7. The van der Waals surface area contributed by atoms with E-state index in [1.165, 1.54) is 11.3 Å². The van der Waals surface area contributed by atoms with Crippen molar-refractivity contribution < 1.29 is 4.79 Å². The number of nitrogens with two attached hydrogens (primary N) is 2. The number of hydrogen-bond acceptors (Lipinski definition) is 4. The van der Waals surface area contributed by atoms with Crippen LogP contribution in [0.25, 0.3) is 0 Å². The van der Waals surface area contributed by atoms with Gasteiger partial charge in [0.15, 0.2) is 0 Å². The number of halogens is 1. The molecule has 0 saturated heterocycles. The molecule has 19 heavy (non-hydrogen) atoms. The molecule has 0 spiro atoms. The first-order chi connectivity index (χ1) is 9.11. The molecular weight excluding hydrogens is 282 g/mol. The van der Waals surface area contributed by atoms with Crippen molar-refractivity contribution in [2.24, 2.45) is 5.73 Å². The van der Waals surface area contributed by atoms with Crippen molar-refractivity contribution in [3.8, 4) is 0 Å². The Kier molecular flexibility index (Phi) is 4.42. The summed E-state index contributed by atoms with van der Waals surface area (Å²) in [4.78, 5) is 11.9. The molecule has 0 aliphatic carbocycles. The number of nitrogen functional groups attached to an aromatic ring is 1. The predicted octanol–water partition coefficient (Wildman–Crippen LogP) is 2.37. The number of benzene rings is 1. The Morgan fingerprint density at radius 1 is 1.42 bits per heavy atom. The van der Waals surface area contributed by atoms with Gasteiger partial charge in [-0.2, -0.15) is 0 Å². The second-order valence-electron chi connectivity index (χ2n) is 4.01. The fraction of sp³-hybridized carbons (Fsp3) is 0.154. The van der Waals surface area contributed by atoms with E-state index in [0.717, 1.165) is 11.1 Å². The maximum Gasteiger partial charge on any atom is 0.252 e. The molecular formula is C13H14ClN3OS. The molecule has 2 aromatic rings. The lowest BCUT2D eigenvalue weighted by Gasteiger charge is -2.11. The molecule has 6 heteroatoms. The van der Waals surface area contributed by atoms with Gasteiger partial charge < -0.3 is 16.8 Å². The summed E-state index contributed by atoms with van der Waals surface area (Å²) >= 11 is 7.12. The molecule has 2 rings (SSSR count). The van der Waals surface area contributed by atoms with E-state index in [0.29, 0.717) is 28.7 Å². The molecule has 4 nitrogen and oxygen atoms in total. The Hall–Kier alpha value is -1.56. The van der Waals surface area contributed by atoms with Crippen LogP contribution in [0.1, 0.15) is 21.5 Å². The fourth-order valence-corrected chi connectivity index (χ4v) is 2.64. The van der Waals surface area contributed by atoms with E-state index in [-0.39, 0.29) is 5.91 Å². The van der Waals surface area contributed by atoms with Gasteiger partial charge in [-0.1, -0.05) is 23.7 Å². The van der Waals surface area contributed by atoms with Crippen LogP contribution in [0, 0.1) is 0 Å². The number of nitrogens with one attached hydrogen (secondary N) is 1. The lowest BCUT2D eigenvalue weighted by atomic mass is 10.1. The normalized spacial score (nSPS) is 10.4. The first-order valence-corrected chi connectivity index (χ1v) is 6.96. The highest BCUT2D eigenvalue weighted by molar-refractivity contribution is 7.14. The van der Waals surface area contributed by atoms with Crippen LogP contribution >= 0.6 is 22.9 Å². The summed E-state index contributed by atoms with van der Waals surface area (Å²) in [6.07, 6.45) is 0. The van der Waals surface area contributed by atoms with Crippen molar-refractivity contribution >= 4 is 34.5 Å². The van der Waals surface area contributed by atoms with E-state index in [1.807, 2.05) is 12.1 Å². The fourth-order valence-electron chi connectivity index (χ4n) is 1.78. The summed E-state index contributed by atoms with van der Waals surface area (Å²) < 4.78 is 0.594. The molecule has 5 N–H and O–H groups in total. The van der Waals surface area contributed by atoms with E-state index >= 15 is 0 Å². The van der Waals surface area contributed by atoms with Crippen LogP contribution in [0.5, 0.6) is 0 Å². The van der Waals surface area contributed by atoms with Crippen molar-refractivity contribution in [3.63, 3.8) is 0 Å². The van der Waals surface area contributed by atoms with Crippen molar-refractivity contribution in [3.05, 3.63) is 50.7 Å². The quantitative estimate of drug-likeness (QED) is 0.758. The Balaban J connectivity index is 2.07. The third-order valence-electron chi connectivity index (χ3n) is 2.78. The van der Waals surface area contributed by atoms with Crippen LogP contribution in [-0.2, 0) is 13.1 Å². The van der Waals surface area contributed by atoms with E-state index in [9.17, 15) is 4.79 Å². The minimum atomic E-state index is -0.159. The Labute approximate surface area is 120 Å². The van der Waals surface area contributed by atoms with Gasteiger partial charge in [0.1, 0.15) is 0 Å².